The van der Waals surface area contributed by atoms with E-state index >= 15 is 0 Å². The SMILES string of the molecule is CNC(=O)CN1CCN(C(=O)Cc2coc3c(C)c(C)ccc23)CC1. The van der Waals surface area contributed by atoms with E-state index in [-0.39, 0.29) is 11.8 Å². The molecule has 1 aromatic carbocycles. The fraction of sp³-hybridized carbons (Fsp3) is 0.474. The number of rotatable bonds is 4. The lowest BCUT2D eigenvalue weighted by Crippen LogP contribution is -2.51. The van der Waals surface area contributed by atoms with Gasteiger partial charge in [-0.15, -0.1) is 0 Å². The molecule has 0 radical (unpaired) electrons. The second-order valence-corrected chi connectivity index (χ2v) is 6.65. The van der Waals surface area contributed by atoms with Gasteiger partial charge in [0.15, 0.2) is 0 Å². The van der Waals surface area contributed by atoms with Gasteiger partial charge in [-0.05, 0) is 25.0 Å². The second kappa shape index (κ2) is 7.27. The Labute approximate surface area is 147 Å². The number of carbonyl (C=O) groups excluding carboxylic acids is 2. The molecule has 2 amide bonds. The number of hydrogen-bond donors (Lipinski definition) is 1. The minimum atomic E-state index is 0.00954. The molecule has 0 saturated carbocycles. The molecule has 2 heterocycles. The van der Waals surface area contributed by atoms with Crippen molar-refractivity contribution in [2.75, 3.05) is 39.8 Å². The number of nitrogens with one attached hydrogen (secondary N) is 1. The molecule has 1 aliphatic heterocycles. The first-order valence-electron chi connectivity index (χ1n) is 8.66. The Morgan fingerprint density at radius 2 is 1.88 bits per heavy atom. The van der Waals surface area contributed by atoms with Crippen LogP contribution in [-0.2, 0) is 16.0 Å². The zero-order valence-corrected chi connectivity index (χ0v) is 15.1. The van der Waals surface area contributed by atoms with Crippen LogP contribution in [0.1, 0.15) is 16.7 Å². The van der Waals surface area contributed by atoms with Gasteiger partial charge in [-0.3, -0.25) is 14.5 Å². The van der Waals surface area contributed by atoms with Crippen LogP contribution in [0.25, 0.3) is 11.0 Å². The van der Waals surface area contributed by atoms with Gasteiger partial charge in [0.2, 0.25) is 11.8 Å². The third kappa shape index (κ3) is 3.69. The highest BCUT2D eigenvalue weighted by atomic mass is 16.3. The zero-order chi connectivity index (χ0) is 18.0. The monoisotopic (exact) mass is 343 g/mol. The average molecular weight is 343 g/mol. The third-order valence-corrected chi connectivity index (χ3v) is 5.05. The van der Waals surface area contributed by atoms with Crippen LogP contribution in [0, 0.1) is 13.8 Å². The van der Waals surface area contributed by atoms with Gasteiger partial charge in [0.25, 0.3) is 0 Å². The van der Waals surface area contributed by atoms with Crippen LogP contribution < -0.4 is 5.32 Å². The zero-order valence-electron chi connectivity index (χ0n) is 15.1. The lowest BCUT2D eigenvalue weighted by atomic mass is 10.0. The third-order valence-electron chi connectivity index (χ3n) is 5.05. The summed E-state index contributed by atoms with van der Waals surface area (Å²) in [6.07, 6.45) is 2.06. The molecule has 25 heavy (non-hydrogen) atoms. The van der Waals surface area contributed by atoms with Crippen molar-refractivity contribution in [3.05, 3.63) is 35.1 Å². The second-order valence-electron chi connectivity index (χ2n) is 6.65. The first-order valence-corrected chi connectivity index (χ1v) is 8.66. The molecule has 134 valence electrons. The molecule has 3 rings (SSSR count). The molecule has 6 heteroatoms. The molecular weight excluding hydrogens is 318 g/mol. The number of piperazine rings is 1. The molecule has 1 fully saturated rings. The number of hydrogen-bond acceptors (Lipinski definition) is 4. The molecule has 6 nitrogen and oxygen atoms in total. The maximum Gasteiger partial charge on any atom is 0.233 e. The van der Waals surface area contributed by atoms with Crippen LogP contribution in [-0.4, -0.2) is 61.4 Å². The number of carbonyl (C=O) groups is 2. The Morgan fingerprint density at radius 1 is 1.16 bits per heavy atom. The predicted octanol–water partition coefficient (Wildman–Crippen LogP) is 1.48. The molecule has 1 aromatic heterocycles. The van der Waals surface area contributed by atoms with Crippen molar-refractivity contribution in [3.8, 4) is 0 Å². The van der Waals surface area contributed by atoms with E-state index < -0.39 is 0 Å². The molecule has 1 saturated heterocycles. The summed E-state index contributed by atoms with van der Waals surface area (Å²) in [7, 11) is 1.64. The maximum atomic E-state index is 12.6. The molecule has 1 N–H and O–H groups in total. The predicted molar refractivity (Wildman–Crippen MR) is 96.5 cm³/mol. The fourth-order valence-electron chi connectivity index (χ4n) is 3.24. The Kier molecular flexibility index (Phi) is 5.08. The van der Waals surface area contributed by atoms with Crippen molar-refractivity contribution in [2.45, 2.75) is 20.3 Å². The molecule has 0 spiro atoms. The smallest absolute Gasteiger partial charge is 0.233 e. The van der Waals surface area contributed by atoms with E-state index in [1.54, 1.807) is 13.3 Å². The Balaban J connectivity index is 1.62. The first kappa shape index (κ1) is 17.5. The molecule has 0 aliphatic carbocycles. The van der Waals surface area contributed by atoms with Crippen LogP contribution >= 0.6 is 0 Å². The lowest BCUT2D eigenvalue weighted by molar-refractivity contribution is -0.132. The van der Waals surface area contributed by atoms with Crippen LogP contribution in [0.5, 0.6) is 0 Å². The van der Waals surface area contributed by atoms with Gasteiger partial charge in [0, 0.05) is 44.2 Å². The number of benzene rings is 1. The number of likely N-dealkylation sites (N-methyl/N-ethyl adjacent to an activating group) is 1. The molecule has 2 aromatic rings. The lowest BCUT2D eigenvalue weighted by Gasteiger charge is -2.34. The number of aryl methyl sites for hydroxylation is 2. The highest BCUT2D eigenvalue weighted by Gasteiger charge is 2.23. The van der Waals surface area contributed by atoms with Crippen molar-refractivity contribution in [3.63, 3.8) is 0 Å². The first-order chi connectivity index (χ1) is 12.0. The number of nitrogens with zero attached hydrogens (tertiary/aromatic N) is 2. The van der Waals surface area contributed by atoms with Gasteiger partial charge in [-0.1, -0.05) is 12.1 Å². The van der Waals surface area contributed by atoms with Crippen molar-refractivity contribution in [2.24, 2.45) is 0 Å². The molecule has 0 atom stereocenters. The Bertz CT molecular complexity index is 789. The van der Waals surface area contributed by atoms with E-state index in [2.05, 4.69) is 23.2 Å². The summed E-state index contributed by atoms with van der Waals surface area (Å²) in [6.45, 7) is 7.25. The van der Waals surface area contributed by atoms with E-state index in [0.717, 1.165) is 35.2 Å². The van der Waals surface area contributed by atoms with Crippen LogP contribution in [0.15, 0.2) is 22.8 Å². The highest BCUT2D eigenvalue weighted by molar-refractivity contribution is 5.89. The van der Waals surface area contributed by atoms with Crippen molar-refractivity contribution in [1.29, 1.82) is 0 Å². The molecular formula is C19H25N3O3. The Hall–Kier alpha value is -2.34. The fourth-order valence-corrected chi connectivity index (χ4v) is 3.24. The number of fused-ring (bicyclic) bond motifs is 1. The van der Waals surface area contributed by atoms with E-state index in [1.165, 1.54) is 5.56 Å². The maximum absolute atomic E-state index is 12.6. The summed E-state index contributed by atoms with van der Waals surface area (Å²) >= 11 is 0. The number of furan rings is 1. The van der Waals surface area contributed by atoms with E-state index in [1.807, 2.05) is 17.9 Å². The summed E-state index contributed by atoms with van der Waals surface area (Å²) in [5.74, 6) is 0.121. The minimum absolute atomic E-state index is 0.00954. The summed E-state index contributed by atoms with van der Waals surface area (Å²) in [5.41, 5.74) is 4.13. The van der Waals surface area contributed by atoms with Crippen molar-refractivity contribution < 1.29 is 14.0 Å². The van der Waals surface area contributed by atoms with Crippen LogP contribution in [0.2, 0.25) is 0 Å². The van der Waals surface area contributed by atoms with Crippen molar-refractivity contribution >= 4 is 22.8 Å². The summed E-state index contributed by atoms with van der Waals surface area (Å²) in [4.78, 5) is 28.0. The minimum Gasteiger partial charge on any atom is -0.464 e. The average Bonchev–Trinajstić information content (AvgIpc) is 3.02. The van der Waals surface area contributed by atoms with Crippen LogP contribution in [0.4, 0.5) is 0 Å². The topological polar surface area (TPSA) is 65.8 Å². The standard InChI is InChI=1S/C19H25N3O3/c1-13-4-5-16-15(12-25-19(16)14(13)2)10-18(24)22-8-6-21(7-9-22)11-17(23)20-3/h4-5,12H,6-11H2,1-3H3,(H,20,23). The molecule has 0 bridgehead atoms. The quantitative estimate of drug-likeness (QED) is 0.913. The summed E-state index contributed by atoms with van der Waals surface area (Å²) < 4.78 is 5.70. The highest BCUT2D eigenvalue weighted by Crippen LogP contribution is 2.27. The van der Waals surface area contributed by atoms with E-state index in [9.17, 15) is 9.59 Å². The van der Waals surface area contributed by atoms with Crippen molar-refractivity contribution in [1.82, 2.24) is 15.1 Å². The summed E-state index contributed by atoms with van der Waals surface area (Å²) in [6, 6.07) is 4.10. The summed E-state index contributed by atoms with van der Waals surface area (Å²) in [5, 5.41) is 3.65. The largest absolute Gasteiger partial charge is 0.464 e. The normalized spacial score (nSPS) is 15.6. The molecule has 0 unspecified atom stereocenters. The van der Waals surface area contributed by atoms with Gasteiger partial charge in [-0.25, -0.2) is 0 Å². The van der Waals surface area contributed by atoms with Gasteiger partial charge in [-0.2, -0.15) is 0 Å². The number of amides is 2. The van der Waals surface area contributed by atoms with Gasteiger partial charge >= 0.3 is 0 Å². The van der Waals surface area contributed by atoms with Crippen LogP contribution in [0.3, 0.4) is 0 Å². The van der Waals surface area contributed by atoms with E-state index in [0.29, 0.717) is 26.1 Å². The Morgan fingerprint density at radius 3 is 2.56 bits per heavy atom. The van der Waals surface area contributed by atoms with E-state index in [4.69, 9.17) is 4.42 Å². The van der Waals surface area contributed by atoms with Gasteiger partial charge < -0.3 is 14.6 Å². The van der Waals surface area contributed by atoms with Gasteiger partial charge in [0.1, 0.15) is 5.58 Å². The molecule has 1 aliphatic rings. The van der Waals surface area contributed by atoms with Gasteiger partial charge in [0.05, 0.1) is 19.2 Å².